The van der Waals surface area contributed by atoms with Crippen LogP contribution in [0.1, 0.15) is 107 Å². The normalized spacial score (nSPS) is 10.7. The molecule has 0 fully saturated rings. The highest BCUT2D eigenvalue weighted by Gasteiger charge is 2.25. The van der Waals surface area contributed by atoms with Gasteiger partial charge in [-0.15, -0.1) is 0 Å². The number of allylic oxidation sites excluding steroid dienone is 1. The molecule has 0 radical (unpaired) electrons. The summed E-state index contributed by atoms with van der Waals surface area (Å²) in [6.07, 6.45) is 0. The zero-order valence-corrected chi connectivity index (χ0v) is 74.7. The Morgan fingerprint density at radius 1 is 0.405 bits per heavy atom. The number of aryl methyl sites for hydroxylation is 1. The van der Waals surface area contributed by atoms with Gasteiger partial charge in [-0.2, -0.15) is 0 Å². The summed E-state index contributed by atoms with van der Waals surface area (Å²) in [6.45, 7) is 44.5. The van der Waals surface area contributed by atoms with Crippen LogP contribution in [0.3, 0.4) is 0 Å². The van der Waals surface area contributed by atoms with Crippen LogP contribution in [0.25, 0.3) is 99.7 Å². The first kappa shape index (κ1) is 97.1. The summed E-state index contributed by atoms with van der Waals surface area (Å²) >= 11 is 0. The van der Waals surface area contributed by atoms with Crippen LogP contribution in [0.5, 0.6) is 11.5 Å². The number of nitrogens with one attached hydrogen (secondary N) is 1. The lowest BCUT2D eigenvalue weighted by atomic mass is 10.1. The van der Waals surface area contributed by atoms with E-state index in [-0.39, 0.29) is 102 Å². The lowest BCUT2D eigenvalue weighted by Crippen LogP contribution is -2.28. The first-order valence-corrected chi connectivity index (χ1v) is 41.7. The third-order valence-corrected chi connectivity index (χ3v) is 19.9. The van der Waals surface area contributed by atoms with Crippen molar-refractivity contribution in [2.45, 2.75) is 83.1 Å². The standard InChI is InChI=1S/C24H23N3O3.C22H18N2O5.C20H23NO6.C18H21NO4.C16H14O6/c1-5-26(6-2)17-12-11-16-13-18(24(29)30-21(16)14-17)22-25-19-9-7-8-10-20(19)27(22)23(28)15(3)4;1-13(2)21(25)28-10-9-27-15-8-7-14-11-16(22(26)29-19(14)12-15)20-23-17-5-3-4-6-18(17)24-20;1-5-21(6-2)15-8-7-14-11-16(20(24)27-17(14)12-15)19(23)26-10-9-25-18(22)13(3)4;1-5-19(8-9-22-18(21)12(2)3)14-6-7-15-13(4)10-17(20)23-16(15)11-14;1-4-20-15(18)12-7-10-5-6-11(21-14(17)9(2)3)8-13(10)22-16(12)19/h7-14H,3,5-6H2,1-2,4H3;3-8,11-12H,1,9-10H2,2H3,(H,23,24);7-8,11-12H,3,5-6,9-10H2,1-2,4H3;6-7,10-11H,2,5,8-9H2,1,3-4H3;5-8H,2,4H2,1,3H3. The van der Waals surface area contributed by atoms with Gasteiger partial charge >= 0.3 is 63.9 Å². The second-order valence-corrected chi connectivity index (χ2v) is 29.6. The van der Waals surface area contributed by atoms with E-state index in [1.807, 2.05) is 111 Å². The minimum atomic E-state index is -0.829. The minimum Gasteiger partial charge on any atom is -0.490 e. The van der Waals surface area contributed by atoms with Crippen LogP contribution in [-0.2, 0) is 42.9 Å². The molecule has 14 rings (SSSR count). The number of benzene rings is 7. The van der Waals surface area contributed by atoms with E-state index in [0.717, 1.165) is 82.5 Å². The van der Waals surface area contributed by atoms with Crippen molar-refractivity contribution in [3.63, 3.8) is 0 Å². The van der Waals surface area contributed by atoms with Crippen LogP contribution in [0, 0.1) is 6.92 Å². The molecular weight excluding hydrogens is 1680 g/mol. The van der Waals surface area contributed by atoms with Crippen LogP contribution in [0.15, 0.2) is 277 Å². The van der Waals surface area contributed by atoms with Gasteiger partial charge in [-0.25, -0.2) is 62.7 Å². The number of anilines is 3. The summed E-state index contributed by atoms with van der Waals surface area (Å²) in [5.74, 6) is -2.44. The summed E-state index contributed by atoms with van der Waals surface area (Å²) in [4.78, 5) is 161. The molecule has 0 atom stereocenters. The van der Waals surface area contributed by atoms with Crippen LogP contribution >= 0.6 is 0 Å². The predicted molar refractivity (Wildman–Crippen MR) is 501 cm³/mol. The fourth-order valence-electron chi connectivity index (χ4n) is 13.0. The smallest absolute Gasteiger partial charge is 0.351 e. The predicted octanol–water partition coefficient (Wildman–Crippen LogP) is 17.1. The van der Waals surface area contributed by atoms with Crippen molar-refractivity contribution in [2.24, 2.45) is 0 Å². The van der Waals surface area contributed by atoms with Crippen LogP contribution in [-0.4, -0.2) is 140 Å². The number of hydrogen-bond donors (Lipinski definition) is 1. The quantitative estimate of drug-likeness (QED) is 0.0114. The molecule has 131 heavy (non-hydrogen) atoms. The van der Waals surface area contributed by atoms with Gasteiger partial charge in [-0.3, -0.25) is 9.36 Å². The number of carbonyl (C=O) groups is 7. The second kappa shape index (κ2) is 44.9. The Labute approximate surface area is 750 Å². The van der Waals surface area contributed by atoms with E-state index in [4.69, 9.17) is 55.2 Å². The van der Waals surface area contributed by atoms with Gasteiger partial charge in [0.2, 0.25) is 0 Å². The van der Waals surface area contributed by atoms with E-state index in [0.29, 0.717) is 84.5 Å². The number of para-hydroxylation sites is 4. The zero-order chi connectivity index (χ0) is 95.0. The molecule has 0 amide bonds. The van der Waals surface area contributed by atoms with Gasteiger partial charge in [-0.1, -0.05) is 57.2 Å². The molecule has 31 heteroatoms. The number of likely N-dealkylation sites (N-methyl/N-ethyl adjacent to an activating group) is 1. The Bertz CT molecular complexity index is 7040. The van der Waals surface area contributed by atoms with Crippen molar-refractivity contribution in [3.05, 3.63) is 299 Å². The molecule has 0 aliphatic rings. The van der Waals surface area contributed by atoms with Gasteiger partial charge in [0.15, 0.2) is 5.82 Å². The lowest BCUT2D eigenvalue weighted by molar-refractivity contribution is -0.140. The van der Waals surface area contributed by atoms with E-state index in [1.165, 1.54) is 48.7 Å². The molecule has 0 spiro atoms. The van der Waals surface area contributed by atoms with E-state index >= 15 is 0 Å². The largest absolute Gasteiger partial charge is 0.490 e. The van der Waals surface area contributed by atoms with Gasteiger partial charge in [0.1, 0.15) is 101 Å². The average Bonchev–Trinajstić information content (AvgIpc) is 1.62. The highest BCUT2D eigenvalue weighted by molar-refractivity contribution is 6.04. The number of aromatic nitrogens is 4. The molecule has 0 bridgehead atoms. The fourth-order valence-corrected chi connectivity index (χ4v) is 13.0. The monoisotopic (exact) mass is 1780 g/mol. The number of carbonyl (C=O) groups excluding carboxylic acids is 7. The summed E-state index contributed by atoms with van der Waals surface area (Å²) in [7, 11) is 0. The van der Waals surface area contributed by atoms with Crippen molar-refractivity contribution in [2.75, 3.05) is 93.6 Å². The Kier molecular flexibility index (Phi) is 33.3. The Morgan fingerprint density at radius 3 is 1.39 bits per heavy atom. The number of fused-ring (bicyclic) bond motifs is 7. The number of ether oxygens (including phenoxy) is 7. The maximum absolute atomic E-state index is 12.9. The van der Waals surface area contributed by atoms with E-state index in [1.54, 1.807) is 88.4 Å². The van der Waals surface area contributed by atoms with E-state index < -0.39 is 52.3 Å². The molecule has 14 aromatic rings. The number of H-pyrrole nitrogens is 1. The van der Waals surface area contributed by atoms with Gasteiger partial charge in [0, 0.05) is 141 Å². The van der Waals surface area contributed by atoms with Crippen molar-refractivity contribution in [3.8, 4) is 34.3 Å². The van der Waals surface area contributed by atoms with Crippen LogP contribution < -0.4 is 52.3 Å². The maximum atomic E-state index is 12.9. The molecule has 0 saturated heterocycles. The van der Waals surface area contributed by atoms with Crippen molar-refractivity contribution < 1.29 is 88.8 Å². The summed E-state index contributed by atoms with van der Waals surface area (Å²) in [6, 6.07) is 49.3. The van der Waals surface area contributed by atoms with Gasteiger partial charge in [0.05, 0.1) is 35.2 Å². The highest BCUT2D eigenvalue weighted by atomic mass is 16.6. The molecule has 1 N–H and O–H groups in total. The topological polar surface area (TPSA) is 391 Å². The van der Waals surface area contributed by atoms with Crippen LogP contribution in [0.4, 0.5) is 17.1 Å². The van der Waals surface area contributed by atoms with E-state index in [2.05, 4.69) is 71.5 Å². The number of hydrogen-bond acceptors (Lipinski definition) is 29. The number of nitrogens with zero attached hydrogens (tertiary/aromatic N) is 6. The maximum Gasteiger partial charge on any atom is 0.351 e. The van der Waals surface area contributed by atoms with Gasteiger partial charge in [0.25, 0.3) is 5.91 Å². The van der Waals surface area contributed by atoms with Gasteiger partial charge < -0.3 is 74.9 Å². The van der Waals surface area contributed by atoms with Gasteiger partial charge in [-0.05, 0) is 198 Å². The summed E-state index contributed by atoms with van der Waals surface area (Å²) in [5, 5.41) is 3.55. The molecule has 7 aromatic heterocycles. The third kappa shape index (κ3) is 24.8. The molecule has 31 nitrogen and oxygen atoms in total. The molecule has 7 aromatic carbocycles. The molecule has 0 aliphatic carbocycles. The SMILES string of the molecule is C=C(C)C(=O)OCCN(CC)c1ccc2c(C)cc(=O)oc2c1.C=C(C)C(=O)OCCOC(=O)c1cc2ccc(N(CC)CC)cc2oc1=O.C=C(C)C(=O)OCCOc1ccc2cc(-c3nc4ccccc4[nH]3)c(=O)oc2c1.C=C(C)C(=O)Oc1ccc2cc(C(=O)OCC)c(=O)oc2c1.C=C(C)C(=O)n1c(-c2cc3ccc(N(CC)CC)cc3oc2=O)nc2ccccc21. The number of aromatic amines is 1. The molecular formula is C100H99N7O24. The highest BCUT2D eigenvalue weighted by Crippen LogP contribution is 2.32. The second-order valence-electron chi connectivity index (χ2n) is 29.6. The lowest BCUT2D eigenvalue weighted by Gasteiger charge is -2.23. The Balaban J connectivity index is 0.000000171. The first-order valence-electron chi connectivity index (χ1n) is 41.7. The third-order valence-electron chi connectivity index (χ3n) is 19.9. The summed E-state index contributed by atoms with van der Waals surface area (Å²) in [5.41, 5.74) is 7.47. The summed E-state index contributed by atoms with van der Waals surface area (Å²) < 4.78 is 63.5. The fraction of sp³-hybridized carbons (Fsp3) is 0.240. The molecule has 678 valence electrons. The first-order chi connectivity index (χ1) is 62.6. The van der Waals surface area contributed by atoms with Crippen molar-refractivity contribution >= 4 is 136 Å². The molecule has 0 aliphatic heterocycles. The van der Waals surface area contributed by atoms with Crippen LogP contribution in [0.2, 0.25) is 0 Å². The average molecular weight is 1780 g/mol. The molecule has 0 saturated carbocycles. The van der Waals surface area contributed by atoms with Crippen molar-refractivity contribution in [1.29, 1.82) is 0 Å². The number of rotatable bonds is 29. The molecule has 0 unspecified atom stereocenters. The van der Waals surface area contributed by atoms with E-state index in [9.17, 15) is 57.5 Å². The minimum absolute atomic E-state index is 0.0959. The Hall–Kier alpha value is -16.1. The molecule has 7 heterocycles. The van der Waals surface area contributed by atoms with Crippen molar-refractivity contribution in [1.82, 2.24) is 19.5 Å². The number of imidazole rings is 2. The number of esters is 6. The zero-order valence-electron chi connectivity index (χ0n) is 74.7. The Morgan fingerprint density at radius 2 is 0.847 bits per heavy atom.